The first kappa shape index (κ1) is 11.3. The van der Waals surface area contributed by atoms with Crippen LogP contribution in [0.5, 0.6) is 0 Å². The number of benzene rings is 1. The number of aromatic carboxylic acids is 1. The standard InChI is InChI=1S/C12H11FN2O2/c1-7-5-8(3-4-9(7)13)10-6-14-11(12(16)17)15(10)2/h3-6H,1-2H3,(H,16,17). The number of carboxylic acids is 1. The molecule has 0 aliphatic carbocycles. The lowest BCUT2D eigenvalue weighted by Gasteiger charge is -2.05. The van der Waals surface area contributed by atoms with Crippen LogP contribution in [-0.4, -0.2) is 20.6 Å². The predicted molar refractivity (Wildman–Crippen MR) is 60.3 cm³/mol. The first-order valence-electron chi connectivity index (χ1n) is 5.02. The minimum absolute atomic E-state index is 0.0398. The van der Waals surface area contributed by atoms with E-state index in [1.807, 2.05) is 0 Å². The van der Waals surface area contributed by atoms with E-state index in [1.165, 1.54) is 16.8 Å². The monoisotopic (exact) mass is 234 g/mol. The summed E-state index contributed by atoms with van der Waals surface area (Å²) in [4.78, 5) is 14.7. The number of rotatable bonds is 2. The lowest BCUT2D eigenvalue weighted by atomic mass is 10.1. The Balaban J connectivity index is 2.53. The molecule has 0 radical (unpaired) electrons. The SMILES string of the molecule is Cc1cc(-c2cnc(C(=O)O)n2C)ccc1F. The molecule has 0 spiro atoms. The van der Waals surface area contributed by atoms with Gasteiger partial charge in [-0.2, -0.15) is 0 Å². The molecule has 0 bridgehead atoms. The molecule has 0 atom stereocenters. The van der Waals surface area contributed by atoms with Crippen molar-refractivity contribution in [2.45, 2.75) is 6.92 Å². The highest BCUT2D eigenvalue weighted by Gasteiger charge is 2.14. The van der Waals surface area contributed by atoms with Gasteiger partial charge >= 0.3 is 5.97 Å². The molecule has 0 saturated heterocycles. The van der Waals surface area contributed by atoms with Gasteiger partial charge in [0.15, 0.2) is 0 Å². The fourth-order valence-corrected chi connectivity index (χ4v) is 1.68. The summed E-state index contributed by atoms with van der Waals surface area (Å²) in [5.74, 6) is -1.41. The number of hydrogen-bond acceptors (Lipinski definition) is 2. The molecule has 5 heteroatoms. The molecule has 1 aromatic heterocycles. The summed E-state index contributed by atoms with van der Waals surface area (Å²) in [6.45, 7) is 1.66. The van der Waals surface area contributed by atoms with E-state index in [9.17, 15) is 9.18 Å². The largest absolute Gasteiger partial charge is 0.475 e. The highest BCUT2D eigenvalue weighted by atomic mass is 19.1. The van der Waals surface area contributed by atoms with Crippen LogP contribution in [0.15, 0.2) is 24.4 Å². The van der Waals surface area contributed by atoms with Gasteiger partial charge in [-0.15, -0.1) is 0 Å². The van der Waals surface area contributed by atoms with Crippen LogP contribution >= 0.6 is 0 Å². The maximum absolute atomic E-state index is 13.1. The van der Waals surface area contributed by atoms with E-state index in [1.54, 1.807) is 26.1 Å². The molecule has 0 aliphatic heterocycles. The second kappa shape index (κ2) is 4.01. The molecule has 1 heterocycles. The van der Waals surface area contributed by atoms with Crippen molar-refractivity contribution in [2.24, 2.45) is 7.05 Å². The molecule has 0 amide bonds. The summed E-state index contributed by atoms with van der Waals surface area (Å²) in [5, 5.41) is 8.88. The van der Waals surface area contributed by atoms with Crippen molar-refractivity contribution < 1.29 is 14.3 Å². The van der Waals surface area contributed by atoms with Crippen molar-refractivity contribution in [3.63, 3.8) is 0 Å². The van der Waals surface area contributed by atoms with Crippen LogP contribution in [-0.2, 0) is 7.05 Å². The first-order chi connectivity index (χ1) is 8.00. The van der Waals surface area contributed by atoms with Crippen LogP contribution in [0.2, 0.25) is 0 Å². The Bertz CT molecular complexity index is 590. The lowest BCUT2D eigenvalue weighted by molar-refractivity contribution is 0.0680. The number of halogens is 1. The van der Waals surface area contributed by atoms with Crippen molar-refractivity contribution in [2.75, 3.05) is 0 Å². The molecule has 0 fully saturated rings. The van der Waals surface area contributed by atoms with E-state index in [-0.39, 0.29) is 11.6 Å². The summed E-state index contributed by atoms with van der Waals surface area (Å²) in [7, 11) is 1.62. The highest BCUT2D eigenvalue weighted by molar-refractivity contribution is 5.84. The topological polar surface area (TPSA) is 55.1 Å². The van der Waals surface area contributed by atoms with Gasteiger partial charge in [0.2, 0.25) is 5.82 Å². The molecular weight excluding hydrogens is 223 g/mol. The first-order valence-corrected chi connectivity index (χ1v) is 5.02. The van der Waals surface area contributed by atoms with E-state index >= 15 is 0 Å². The molecule has 1 aromatic carbocycles. The quantitative estimate of drug-likeness (QED) is 0.866. The second-order valence-electron chi connectivity index (χ2n) is 3.80. The zero-order valence-electron chi connectivity index (χ0n) is 9.44. The number of nitrogens with zero attached hydrogens (tertiary/aromatic N) is 2. The summed E-state index contributed by atoms with van der Waals surface area (Å²) in [6.07, 6.45) is 1.47. The predicted octanol–water partition coefficient (Wildman–Crippen LogP) is 2.23. The number of aryl methyl sites for hydroxylation is 1. The van der Waals surface area contributed by atoms with E-state index in [2.05, 4.69) is 4.98 Å². The van der Waals surface area contributed by atoms with E-state index in [0.717, 1.165) is 5.56 Å². The van der Waals surface area contributed by atoms with Gasteiger partial charge in [0.25, 0.3) is 0 Å². The number of imidazole rings is 1. The Labute approximate surface area is 97.3 Å². The van der Waals surface area contributed by atoms with Gasteiger partial charge in [0.1, 0.15) is 5.82 Å². The molecule has 4 nitrogen and oxygen atoms in total. The van der Waals surface area contributed by atoms with Crippen LogP contribution in [0.1, 0.15) is 16.2 Å². The Hall–Kier alpha value is -2.17. The van der Waals surface area contributed by atoms with Crippen LogP contribution in [0.25, 0.3) is 11.3 Å². The molecular formula is C12H11FN2O2. The van der Waals surface area contributed by atoms with Crippen molar-refractivity contribution in [3.05, 3.63) is 41.6 Å². The zero-order chi connectivity index (χ0) is 12.6. The molecule has 17 heavy (non-hydrogen) atoms. The summed E-state index contributed by atoms with van der Waals surface area (Å²) < 4.78 is 14.6. The van der Waals surface area contributed by atoms with Gasteiger partial charge in [0.05, 0.1) is 11.9 Å². The van der Waals surface area contributed by atoms with E-state index in [0.29, 0.717) is 11.3 Å². The number of aromatic nitrogens is 2. The molecule has 2 rings (SSSR count). The van der Waals surface area contributed by atoms with Gasteiger partial charge in [-0.25, -0.2) is 14.2 Å². The van der Waals surface area contributed by atoms with Crippen LogP contribution in [0.4, 0.5) is 4.39 Å². The third-order valence-corrected chi connectivity index (χ3v) is 2.63. The van der Waals surface area contributed by atoms with Crippen molar-refractivity contribution >= 4 is 5.97 Å². The fraction of sp³-hybridized carbons (Fsp3) is 0.167. The third kappa shape index (κ3) is 1.91. The van der Waals surface area contributed by atoms with E-state index < -0.39 is 5.97 Å². The summed E-state index contributed by atoms with van der Waals surface area (Å²) >= 11 is 0. The van der Waals surface area contributed by atoms with Gasteiger partial charge in [-0.1, -0.05) is 0 Å². The average molecular weight is 234 g/mol. The third-order valence-electron chi connectivity index (χ3n) is 2.63. The number of hydrogen-bond donors (Lipinski definition) is 1. The molecule has 0 unspecified atom stereocenters. The minimum atomic E-state index is -1.09. The smallest absolute Gasteiger partial charge is 0.372 e. The average Bonchev–Trinajstić information content (AvgIpc) is 2.64. The van der Waals surface area contributed by atoms with Crippen LogP contribution in [0.3, 0.4) is 0 Å². The Kier molecular flexibility index (Phi) is 2.67. The van der Waals surface area contributed by atoms with Gasteiger partial charge in [0, 0.05) is 12.6 Å². The molecule has 88 valence electrons. The summed E-state index contributed by atoms with van der Waals surface area (Å²) in [6, 6.07) is 4.63. The lowest BCUT2D eigenvalue weighted by Crippen LogP contribution is -2.06. The highest BCUT2D eigenvalue weighted by Crippen LogP contribution is 2.22. The van der Waals surface area contributed by atoms with Gasteiger partial charge in [-0.05, 0) is 30.7 Å². The maximum atomic E-state index is 13.1. The number of carboxylic acid groups (broad SMARTS) is 1. The number of carbonyl (C=O) groups is 1. The van der Waals surface area contributed by atoms with Crippen molar-refractivity contribution in [1.29, 1.82) is 0 Å². The Morgan fingerprint density at radius 1 is 1.47 bits per heavy atom. The molecule has 2 aromatic rings. The fourth-order valence-electron chi connectivity index (χ4n) is 1.68. The normalized spacial score (nSPS) is 10.5. The minimum Gasteiger partial charge on any atom is -0.475 e. The summed E-state index contributed by atoms with van der Waals surface area (Å²) in [5.41, 5.74) is 1.90. The zero-order valence-corrected chi connectivity index (χ0v) is 9.44. The van der Waals surface area contributed by atoms with Crippen LogP contribution in [0, 0.1) is 12.7 Å². The Morgan fingerprint density at radius 2 is 2.18 bits per heavy atom. The maximum Gasteiger partial charge on any atom is 0.372 e. The van der Waals surface area contributed by atoms with Crippen LogP contribution < -0.4 is 0 Å². The Morgan fingerprint density at radius 3 is 2.71 bits per heavy atom. The molecule has 1 N–H and O–H groups in total. The molecule has 0 saturated carbocycles. The van der Waals surface area contributed by atoms with Gasteiger partial charge < -0.3 is 9.67 Å². The van der Waals surface area contributed by atoms with Crippen molar-refractivity contribution in [3.8, 4) is 11.3 Å². The van der Waals surface area contributed by atoms with Crippen molar-refractivity contribution in [1.82, 2.24) is 9.55 Å². The van der Waals surface area contributed by atoms with Gasteiger partial charge in [-0.3, -0.25) is 0 Å². The van der Waals surface area contributed by atoms with E-state index in [4.69, 9.17) is 5.11 Å². The second-order valence-corrected chi connectivity index (χ2v) is 3.80. The molecule has 0 aliphatic rings.